The van der Waals surface area contributed by atoms with E-state index in [1.807, 2.05) is 7.05 Å². The molecule has 1 aliphatic carbocycles. The van der Waals surface area contributed by atoms with E-state index in [1.54, 1.807) is 0 Å². The first-order valence-electron chi connectivity index (χ1n) is 6.08. The van der Waals surface area contributed by atoms with E-state index in [9.17, 15) is 9.90 Å². The molecule has 0 bridgehead atoms. The zero-order chi connectivity index (χ0) is 11.3. The number of likely N-dealkylation sites (N-methyl/N-ethyl adjacent to an activating group) is 1. The summed E-state index contributed by atoms with van der Waals surface area (Å²) < 4.78 is 0. The second-order valence-corrected chi connectivity index (χ2v) is 4.67. The third-order valence-corrected chi connectivity index (χ3v) is 3.62. The van der Waals surface area contributed by atoms with Gasteiger partial charge in [-0.2, -0.15) is 0 Å². The van der Waals surface area contributed by atoms with E-state index in [4.69, 9.17) is 0 Å². The Hall–Kier alpha value is -0.570. The first-order valence-corrected chi connectivity index (χ1v) is 6.08. The molecule has 1 saturated carbocycles. The van der Waals surface area contributed by atoms with Crippen LogP contribution in [0.4, 0.5) is 0 Å². The molecule has 3 nitrogen and oxygen atoms in total. The summed E-state index contributed by atoms with van der Waals surface area (Å²) in [7, 11) is 1.96. The SMILES string of the molecule is CCCN(C)C1(C(=O)O)CCCCCC1. The number of carbonyl (C=O) groups is 1. The molecule has 0 saturated heterocycles. The lowest BCUT2D eigenvalue weighted by Gasteiger charge is -2.37. The highest BCUT2D eigenvalue weighted by Gasteiger charge is 2.41. The van der Waals surface area contributed by atoms with Gasteiger partial charge in [-0.1, -0.05) is 32.6 Å². The molecule has 15 heavy (non-hydrogen) atoms. The third kappa shape index (κ3) is 2.71. The standard InChI is InChI=1S/C12H23NO2/c1-3-10-13(2)12(11(14)15)8-6-4-5-7-9-12/h3-10H2,1-2H3,(H,14,15). The van der Waals surface area contributed by atoms with Crippen LogP contribution in [0.15, 0.2) is 0 Å². The van der Waals surface area contributed by atoms with Crippen LogP contribution in [0.25, 0.3) is 0 Å². The molecule has 0 unspecified atom stereocenters. The number of rotatable bonds is 4. The Morgan fingerprint density at radius 2 is 1.80 bits per heavy atom. The average molecular weight is 213 g/mol. The number of aliphatic carboxylic acids is 1. The summed E-state index contributed by atoms with van der Waals surface area (Å²) >= 11 is 0. The monoisotopic (exact) mass is 213 g/mol. The summed E-state index contributed by atoms with van der Waals surface area (Å²) in [5.41, 5.74) is -0.577. The smallest absolute Gasteiger partial charge is 0.324 e. The fourth-order valence-electron chi connectivity index (χ4n) is 2.62. The Bertz CT molecular complexity index is 208. The lowest BCUT2D eigenvalue weighted by molar-refractivity contribution is -0.151. The molecule has 1 fully saturated rings. The van der Waals surface area contributed by atoms with Crippen molar-refractivity contribution in [1.29, 1.82) is 0 Å². The molecule has 0 aromatic heterocycles. The van der Waals surface area contributed by atoms with E-state index in [1.165, 1.54) is 12.8 Å². The molecular formula is C12H23NO2. The van der Waals surface area contributed by atoms with Gasteiger partial charge in [0.05, 0.1) is 0 Å². The van der Waals surface area contributed by atoms with Gasteiger partial charge in [0.1, 0.15) is 5.54 Å². The maximum absolute atomic E-state index is 11.5. The number of carboxylic acid groups (broad SMARTS) is 1. The molecule has 0 radical (unpaired) electrons. The summed E-state index contributed by atoms with van der Waals surface area (Å²) in [5, 5.41) is 9.47. The van der Waals surface area contributed by atoms with Gasteiger partial charge in [-0.3, -0.25) is 9.69 Å². The number of carboxylic acids is 1. The molecule has 0 spiro atoms. The maximum atomic E-state index is 11.5. The van der Waals surface area contributed by atoms with Crippen molar-refractivity contribution in [3.05, 3.63) is 0 Å². The Morgan fingerprint density at radius 3 is 2.20 bits per heavy atom. The van der Waals surface area contributed by atoms with Crippen LogP contribution in [0.1, 0.15) is 51.9 Å². The van der Waals surface area contributed by atoms with Crippen LogP contribution in [0.2, 0.25) is 0 Å². The molecule has 0 aliphatic heterocycles. The van der Waals surface area contributed by atoms with Gasteiger partial charge in [-0.05, 0) is 32.9 Å². The van der Waals surface area contributed by atoms with Crippen molar-refractivity contribution in [2.24, 2.45) is 0 Å². The number of nitrogens with zero attached hydrogens (tertiary/aromatic N) is 1. The fourth-order valence-corrected chi connectivity index (χ4v) is 2.62. The van der Waals surface area contributed by atoms with E-state index < -0.39 is 11.5 Å². The third-order valence-electron chi connectivity index (χ3n) is 3.62. The first kappa shape index (κ1) is 12.5. The maximum Gasteiger partial charge on any atom is 0.324 e. The molecule has 88 valence electrons. The summed E-state index contributed by atoms with van der Waals surface area (Å²) in [5.74, 6) is -0.625. The highest BCUT2D eigenvalue weighted by molar-refractivity contribution is 5.78. The molecule has 1 N–H and O–H groups in total. The largest absolute Gasteiger partial charge is 0.480 e. The van der Waals surface area contributed by atoms with Gasteiger partial charge in [0.25, 0.3) is 0 Å². The lowest BCUT2D eigenvalue weighted by atomic mass is 9.88. The Balaban J connectivity index is 2.79. The van der Waals surface area contributed by atoms with Crippen LogP contribution in [-0.2, 0) is 4.79 Å². The topological polar surface area (TPSA) is 40.5 Å². The van der Waals surface area contributed by atoms with Gasteiger partial charge in [0, 0.05) is 0 Å². The quantitative estimate of drug-likeness (QED) is 0.729. The second kappa shape index (κ2) is 5.50. The molecule has 0 amide bonds. The number of hydrogen-bond donors (Lipinski definition) is 1. The minimum absolute atomic E-state index is 0.577. The van der Waals surface area contributed by atoms with Crippen LogP contribution in [0.3, 0.4) is 0 Å². The average Bonchev–Trinajstić information content (AvgIpc) is 2.43. The second-order valence-electron chi connectivity index (χ2n) is 4.67. The molecule has 0 aromatic rings. The molecular weight excluding hydrogens is 190 g/mol. The fraction of sp³-hybridized carbons (Fsp3) is 0.917. The zero-order valence-corrected chi connectivity index (χ0v) is 9.96. The zero-order valence-electron chi connectivity index (χ0n) is 9.96. The van der Waals surface area contributed by atoms with E-state index in [2.05, 4.69) is 11.8 Å². The van der Waals surface area contributed by atoms with Gasteiger partial charge in [-0.15, -0.1) is 0 Å². The highest BCUT2D eigenvalue weighted by Crippen LogP contribution is 2.32. The van der Waals surface area contributed by atoms with Gasteiger partial charge in [-0.25, -0.2) is 0 Å². The lowest BCUT2D eigenvalue weighted by Crippen LogP contribution is -2.52. The number of hydrogen-bond acceptors (Lipinski definition) is 2. The highest BCUT2D eigenvalue weighted by atomic mass is 16.4. The first-order chi connectivity index (χ1) is 7.13. The molecule has 0 aromatic carbocycles. The van der Waals surface area contributed by atoms with Crippen molar-refractivity contribution in [3.8, 4) is 0 Å². The summed E-state index contributed by atoms with van der Waals surface area (Å²) in [6.07, 6.45) is 7.15. The predicted molar refractivity (Wildman–Crippen MR) is 61.0 cm³/mol. The van der Waals surface area contributed by atoms with Crippen LogP contribution < -0.4 is 0 Å². The Labute approximate surface area is 92.5 Å². The minimum atomic E-state index is -0.625. The molecule has 0 atom stereocenters. The van der Waals surface area contributed by atoms with Crippen molar-refractivity contribution >= 4 is 5.97 Å². The molecule has 1 aliphatic rings. The van der Waals surface area contributed by atoms with Crippen molar-refractivity contribution in [2.75, 3.05) is 13.6 Å². The normalized spacial score (nSPS) is 21.3. The van der Waals surface area contributed by atoms with Crippen molar-refractivity contribution in [1.82, 2.24) is 4.90 Å². The van der Waals surface area contributed by atoms with Crippen molar-refractivity contribution in [3.63, 3.8) is 0 Å². The summed E-state index contributed by atoms with van der Waals surface area (Å²) in [6, 6.07) is 0. The van der Waals surface area contributed by atoms with Gasteiger partial charge in [0.15, 0.2) is 0 Å². The van der Waals surface area contributed by atoms with E-state index in [0.717, 1.165) is 38.6 Å². The Morgan fingerprint density at radius 1 is 1.27 bits per heavy atom. The summed E-state index contributed by atoms with van der Waals surface area (Å²) in [6.45, 7) is 2.98. The summed E-state index contributed by atoms with van der Waals surface area (Å²) in [4.78, 5) is 13.6. The van der Waals surface area contributed by atoms with Crippen LogP contribution >= 0.6 is 0 Å². The molecule has 3 heteroatoms. The van der Waals surface area contributed by atoms with Crippen LogP contribution in [0.5, 0.6) is 0 Å². The Kier molecular flexibility index (Phi) is 4.58. The van der Waals surface area contributed by atoms with Gasteiger partial charge < -0.3 is 5.11 Å². The van der Waals surface area contributed by atoms with Crippen LogP contribution in [0, 0.1) is 0 Å². The van der Waals surface area contributed by atoms with Crippen molar-refractivity contribution < 1.29 is 9.90 Å². The van der Waals surface area contributed by atoms with E-state index in [-0.39, 0.29) is 0 Å². The van der Waals surface area contributed by atoms with E-state index in [0.29, 0.717) is 0 Å². The van der Waals surface area contributed by atoms with E-state index >= 15 is 0 Å². The van der Waals surface area contributed by atoms with Crippen LogP contribution in [-0.4, -0.2) is 35.1 Å². The minimum Gasteiger partial charge on any atom is -0.480 e. The predicted octanol–water partition coefficient (Wildman–Crippen LogP) is 2.51. The molecule has 1 rings (SSSR count). The van der Waals surface area contributed by atoms with Crippen molar-refractivity contribution in [2.45, 2.75) is 57.4 Å². The molecule has 0 heterocycles. The van der Waals surface area contributed by atoms with Gasteiger partial charge >= 0.3 is 5.97 Å². The van der Waals surface area contributed by atoms with Gasteiger partial charge in [0.2, 0.25) is 0 Å².